The van der Waals surface area contributed by atoms with Crippen LogP contribution in [0.3, 0.4) is 0 Å². The summed E-state index contributed by atoms with van der Waals surface area (Å²) in [6, 6.07) is 1.96. The third kappa shape index (κ3) is 3.17. The van der Waals surface area contributed by atoms with Gasteiger partial charge < -0.3 is 0 Å². The van der Waals surface area contributed by atoms with Crippen LogP contribution in [0.4, 0.5) is 0 Å². The third-order valence-corrected chi connectivity index (χ3v) is 5.20. The van der Waals surface area contributed by atoms with Crippen LogP contribution in [-0.4, -0.2) is 5.78 Å². The van der Waals surface area contributed by atoms with Crippen molar-refractivity contribution in [3.05, 3.63) is 20.8 Å². The molecule has 0 aromatic carbocycles. The van der Waals surface area contributed by atoms with Crippen LogP contribution in [0.25, 0.3) is 0 Å². The van der Waals surface area contributed by atoms with Crippen LogP contribution in [0.2, 0.25) is 0 Å². The molecule has 88 valence electrons. The third-order valence-electron chi connectivity index (χ3n) is 3.32. The van der Waals surface area contributed by atoms with E-state index in [2.05, 4.69) is 15.9 Å². The molecule has 0 amide bonds. The van der Waals surface area contributed by atoms with Crippen molar-refractivity contribution in [2.24, 2.45) is 5.92 Å². The largest absolute Gasteiger partial charge is 0.293 e. The number of rotatable bonds is 3. The molecule has 0 N–H and O–H groups in total. The summed E-state index contributed by atoms with van der Waals surface area (Å²) in [4.78, 5) is 13.0. The van der Waals surface area contributed by atoms with Crippen molar-refractivity contribution in [2.75, 3.05) is 0 Å². The summed E-state index contributed by atoms with van der Waals surface area (Å²) < 4.78 is 0.969. The summed E-state index contributed by atoms with van der Waals surface area (Å²) in [6.07, 6.45) is 8.57. The van der Waals surface area contributed by atoms with E-state index in [9.17, 15) is 4.79 Å². The molecular formula is C13H17BrOS. The van der Waals surface area contributed by atoms with Crippen LogP contribution in [-0.2, 0) is 0 Å². The zero-order valence-corrected chi connectivity index (χ0v) is 11.8. The van der Waals surface area contributed by atoms with E-state index in [0.29, 0.717) is 11.7 Å². The second-order valence-electron chi connectivity index (χ2n) is 4.58. The maximum absolute atomic E-state index is 12.1. The minimum atomic E-state index is 0.328. The van der Waals surface area contributed by atoms with E-state index < -0.39 is 0 Å². The van der Waals surface area contributed by atoms with Crippen molar-refractivity contribution in [2.45, 2.75) is 44.9 Å². The molecule has 2 rings (SSSR count). The molecule has 3 heteroatoms. The average molecular weight is 301 g/mol. The Balaban J connectivity index is 1.93. The molecule has 0 saturated heterocycles. The topological polar surface area (TPSA) is 17.1 Å². The first-order chi connectivity index (χ1) is 7.77. The Morgan fingerprint density at radius 3 is 2.56 bits per heavy atom. The molecule has 16 heavy (non-hydrogen) atoms. The zero-order chi connectivity index (χ0) is 11.4. The van der Waals surface area contributed by atoms with E-state index in [0.717, 1.165) is 15.8 Å². The van der Waals surface area contributed by atoms with Crippen molar-refractivity contribution in [1.82, 2.24) is 0 Å². The Labute approximate surface area is 109 Å². The summed E-state index contributed by atoms with van der Waals surface area (Å²) in [5, 5.41) is 1.98. The number of carbonyl (C=O) groups is 1. The highest BCUT2D eigenvalue weighted by molar-refractivity contribution is 9.10. The molecule has 1 aromatic heterocycles. The van der Waals surface area contributed by atoms with Crippen molar-refractivity contribution in [1.29, 1.82) is 0 Å². The molecule has 0 bridgehead atoms. The van der Waals surface area contributed by atoms with Gasteiger partial charge >= 0.3 is 0 Å². The molecule has 1 aliphatic carbocycles. The van der Waals surface area contributed by atoms with Crippen LogP contribution in [0.1, 0.15) is 54.6 Å². The summed E-state index contributed by atoms with van der Waals surface area (Å²) in [5.41, 5.74) is 0. The number of carbonyl (C=O) groups excluding carboxylic acids is 1. The molecule has 0 unspecified atom stereocenters. The number of hydrogen-bond acceptors (Lipinski definition) is 2. The van der Waals surface area contributed by atoms with E-state index >= 15 is 0 Å². The lowest BCUT2D eigenvalue weighted by atomic mass is 9.94. The molecule has 0 aliphatic heterocycles. The maximum atomic E-state index is 12.1. The molecule has 1 heterocycles. The van der Waals surface area contributed by atoms with E-state index in [-0.39, 0.29) is 0 Å². The molecule has 0 radical (unpaired) electrons. The van der Waals surface area contributed by atoms with Gasteiger partial charge in [-0.15, -0.1) is 11.3 Å². The number of thiophene rings is 1. The van der Waals surface area contributed by atoms with Gasteiger partial charge in [-0.3, -0.25) is 4.79 Å². The van der Waals surface area contributed by atoms with Crippen molar-refractivity contribution in [3.63, 3.8) is 0 Å². The van der Waals surface area contributed by atoms with E-state index in [1.165, 1.54) is 38.5 Å². The first kappa shape index (κ1) is 12.3. The Hall–Kier alpha value is -0.150. The number of hydrogen-bond donors (Lipinski definition) is 0. The Kier molecular flexibility index (Phi) is 4.59. The van der Waals surface area contributed by atoms with E-state index in [4.69, 9.17) is 0 Å². The Bertz CT molecular complexity index is 351. The van der Waals surface area contributed by atoms with Crippen molar-refractivity contribution >= 4 is 33.0 Å². The lowest BCUT2D eigenvalue weighted by Crippen LogP contribution is -2.07. The summed E-state index contributed by atoms with van der Waals surface area (Å²) >= 11 is 4.99. The van der Waals surface area contributed by atoms with Gasteiger partial charge in [0.15, 0.2) is 5.78 Å². The Morgan fingerprint density at radius 2 is 2.00 bits per heavy atom. The SMILES string of the molecule is O=C(CC1CCCCCC1)c1sccc1Br. The fourth-order valence-corrected chi connectivity index (χ4v) is 3.96. The highest BCUT2D eigenvalue weighted by atomic mass is 79.9. The van der Waals surface area contributed by atoms with Crippen LogP contribution in [0.5, 0.6) is 0 Å². The average Bonchev–Trinajstić information content (AvgIpc) is 2.53. The molecule has 1 saturated carbocycles. The lowest BCUT2D eigenvalue weighted by molar-refractivity contribution is 0.0960. The number of Topliss-reactive ketones (excluding diaryl/α,β-unsaturated/α-hetero) is 1. The van der Waals surface area contributed by atoms with Gasteiger partial charge in [-0.05, 0) is 33.3 Å². The molecule has 0 spiro atoms. The van der Waals surface area contributed by atoms with Gasteiger partial charge in [0.2, 0.25) is 0 Å². The monoisotopic (exact) mass is 300 g/mol. The quantitative estimate of drug-likeness (QED) is 0.564. The van der Waals surface area contributed by atoms with Gasteiger partial charge in [0, 0.05) is 10.9 Å². The lowest BCUT2D eigenvalue weighted by Gasteiger charge is -2.12. The molecule has 1 nitrogen and oxygen atoms in total. The predicted molar refractivity (Wildman–Crippen MR) is 72.2 cm³/mol. The minimum absolute atomic E-state index is 0.328. The van der Waals surface area contributed by atoms with Crippen molar-refractivity contribution in [3.8, 4) is 0 Å². The minimum Gasteiger partial charge on any atom is -0.293 e. The fraction of sp³-hybridized carbons (Fsp3) is 0.615. The smallest absolute Gasteiger partial charge is 0.174 e. The number of ketones is 1. The normalized spacial score (nSPS) is 18.3. The van der Waals surface area contributed by atoms with Gasteiger partial charge in [-0.2, -0.15) is 0 Å². The fourth-order valence-electron chi connectivity index (χ4n) is 2.42. The molecule has 0 atom stereocenters. The highest BCUT2D eigenvalue weighted by Crippen LogP contribution is 2.30. The maximum Gasteiger partial charge on any atom is 0.174 e. The Morgan fingerprint density at radius 1 is 1.31 bits per heavy atom. The van der Waals surface area contributed by atoms with Gasteiger partial charge in [0.25, 0.3) is 0 Å². The standard InChI is InChI=1S/C13H17BrOS/c14-11-7-8-16-13(11)12(15)9-10-5-3-1-2-4-6-10/h7-8,10H,1-6,9H2. The number of halogens is 1. The second kappa shape index (κ2) is 5.97. The van der Waals surface area contributed by atoms with Crippen LogP contribution < -0.4 is 0 Å². The van der Waals surface area contributed by atoms with Crippen LogP contribution in [0, 0.1) is 5.92 Å². The molecule has 1 aliphatic rings. The van der Waals surface area contributed by atoms with Crippen LogP contribution >= 0.6 is 27.3 Å². The summed E-state index contributed by atoms with van der Waals surface area (Å²) in [6.45, 7) is 0. The molecular weight excluding hydrogens is 284 g/mol. The first-order valence-corrected chi connectivity index (χ1v) is 7.71. The van der Waals surface area contributed by atoms with Gasteiger partial charge in [0.1, 0.15) is 0 Å². The predicted octanol–water partition coefficient (Wildman–Crippen LogP) is 5.05. The zero-order valence-electron chi connectivity index (χ0n) is 9.38. The molecule has 1 aromatic rings. The second-order valence-corrected chi connectivity index (χ2v) is 6.35. The summed E-state index contributed by atoms with van der Waals surface area (Å²) in [7, 11) is 0. The van der Waals surface area contributed by atoms with Gasteiger partial charge in [0.05, 0.1) is 4.88 Å². The first-order valence-electron chi connectivity index (χ1n) is 6.03. The summed E-state index contributed by atoms with van der Waals surface area (Å²) in [5.74, 6) is 0.956. The van der Waals surface area contributed by atoms with E-state index in [1.807, 2.05) is 11.4 Å². The molecule has 1 fully saturated rings. The highest BCUT2D eigenvalue weighted by Gasteiger charge is 2.19. The van der Waals surface area contributed by atoms with Crippen LogP contribution in [0.15, 0.2) is 15.9 Å². The van der Waals surface area contributed by atoms with Crippen molar-refractivity contribution < 1.29 is 4.79 Å². The van der Waals surface area contributed by atoms with Gasteiger partial charge in [-0.1, -0.05) is 38.5 Å². The van der Waals surface area contributed by atoms with Gasteiger partial charge in [-0.25, -0.2) is 0 Å². The van der Waals surface area contributed by atoms with E-state index in [1.54, 1.807) is 11.3 Å².